The molecule has 0 saturated heterocycles. The SMILES string of the molecule is C=c1c(=C(C)CCC)c(CC(CCC)=C(CC)C(C)C[N+](=C)CC)c(C(CC)CC)n1C=CC(CCC)C(C)=CC(CCC)CCCCCC. The van der Waals surface area contributed by atoms with E-state index in [0.717, 1.165) is 51.6 Å². The summed E-state index contributed by atoms with van der Waals surface area (Å²) in [7, 11) is 0. The second-order valence-electron chi connectivity index (χ2n) is 15.6. The van der Waals surface area contributed by atoms with Gasteiger partial charge >= 0.3 is 0 Å². The first-order valence-corrected chi connectivity index (χ1v) is 21.6. The zero-order valence-corrected chi connectivity index (χ0v) is 35.8. The maximum Gasteiger partial charge on any atom is 0.148 e. The van der Waals surface area contributed by atoms with E-state index in [-0.39, 0.29) is 0 Å². The number of hydrogen-bond donors (Lipinski definition) is 0. The average molecular weight is 690 g/mol. The van der Waals surface area contributed by atoms with Gasteiger partial charge in [0, 0.05) is 28.4 Å². The van der Waals surface area contributed by atoms with Crippen LogP contribution < -0.4 is 10.6 Å². The highest BCUT2D eigenvalue weighted by Gasteiger charge is 2.24. The summed E-state index contributed by atoms with van der Waals surface area (Å²) in [4.78, 5) is 0. The molecule has 0 saturated carbocycles. The van der Waals surface area contributed by atoms with Crippen LogP contribution in [0.4, 0.5) is 0 Å². The molecule has 0 radical (unpaired) electrons. The molecule has 2 heteroatoms. The van der Waals surface area contributed by atoms with Gasteiger partial charge in [-0.25, -0.2) is 4.58 Å². The lowest BCUT2D eigenvalue weighted by molar-refractivity contribution is -0.521. The molecule has 0 fully saturated rings. The van der Waals surface area contributed by atoms with Crippen molar-refractivity contribution >= 4 is 25.1 Å². The molecule has 2 nitrogen and oxygen atoms in total. The Kier molecular flexibility index (Phi) is 23.7. The van der Waals surface area contributed by atoms with Gasteiger partial charge in [-0.05, 0) is 102 Å². The Morgan fingerprint density at radius 2 is 1.46 bits per heavy atom. The van der Waals surface area contributed by atoms with Gasteiger partial charge in [-0.3, -0.25) is 0 Å². The van der Waals surface area contributed by atoms with E-state index < -0.39 is 0 Å². The zero-order valence-electron chi connectivity index (χ0n) is 35.8. The Hall–Kier alpha value is -2.09. The Morgan fingerprint density at radius 3 is 2.00 bits per heavy atom. The molecular formula is C48H85N2+. The minimum Gasteiger partial charge on any atom is -0.321 e. The smallest absolute Gasteiger partial charge is 0.148 e. The van der Waals surface area contributed by atoms with Gasteiger partial charge in [0.2, 0.25) is 0 Å². The third kappa shape index (κ3) is 14.1. The fourth-order valence-corrected chi connectivity index (χ4v) is 8.62. The lowest BCUT2D eigenvalue weighted by Crippen LogP contribution is -2.29. The molecule has 3 atom stereocenters. The number of allylic oxidation sites excluding steroid dienone is 4. The Bertz CT molecular complexity index is 1310. The van der Waals surface area contributed by atoms with Gasteiger partial charge in [-0.15, -0.1) is 0 Å². The molecule has 0 bridgehead atoms. The fourth-order valence-electron chi connectivity index (χ4n) is 8.62. The van der Waals surface area contributed by atoms with Crippen molar-refractivity contribution in [3.8, 4) is 0 Å². The molecule has 3 unspecified atom stereocenters. The third-order valence-electron chi connectivity index (χ3n) is 11.5. The third-order valence-corrected chi connectivity index (χ3v) is 11.5. The maximum atomic E-state index is 4.90. The molecule has 50 heavy (non-hydrogen) atoms. The first-order valence-electron chi connectivity index (χ1n) is 21.6. The highest BCUT2D eigenvalue weighted by molar-refractivity contribution is 5.51. The summed E-state index contributed by atoms with van der Waals surface area (Å²) in [5.41, 5.74) is 9.48. The number of aromatic nitrogens is 1. The summed E-state index contributed by atoms with van der Waals surface area (Å²) >= 11 is 0. The molecule has 1 heterocycles. The van der Waals surface area contributed by atoms with Crippen molar-refractivity contribution in [3.05, 3.63) is 50.7 Å². The molecule has 1 rings (SSSR count). The van der Waals surface area contributed by atoms with E-state index in [4.69, 9.17) is 6.58 Å². The van der Waals surface area contributed by atoms with Crippen molar-refractivity contribution < 1.29 is 4.58 Å². The Balaban J connectivity index is 4.03. The van der Waals surface area contributed by atoms with Crippen LogP contribution >= 0.6 is 0 Å². The van der Waals surface area contributed by atoms with Gasteiger partial charge in [-0.1, -0.05) is 155 Å². The molecule has 0 aromatic carbocycles. The zero-order chi connectivity index (χ0) is 37.6. The molecule has 0 spiro atoms. The van der Waals surface area contributed by atoms with Gasteiger partial charge in [-0.2, -0.15) is 0 Å². The van der Waals surface area contributed by atoms with E-state index in [9.17, 15) is 0 Å². The first-order chi connectivity index (χ1) is 24.0. The molecule has 0 aliphatic rings. The summed E-state index contributed by atoms with van der Waals surface area (Å²) in [6, 6.07) is 0. The molecule has 1 aromatic heterocycles. The average Bonchev–Trinajstić information content (AvgIpc) is 3.35. The highest BCUT2D eigenvalue weighted by atomic mass is 15.0. The summed E-state index contributed by atoms with van der Waals surface area (Å²) in [6.45, 7) is 39.5. The van der Waals surface area contributed by atoms with Crippen LogP contribution in [-0.2, 0) is 6.42 Å². The number of nitrogens with zero attached hydrogens (tertiary/aromatic N) is 2. The molecule has 0 N–H and O–H groups in total. The lowest BCUT2D eigenvalue weighted by Gasteiger charge is -2.22. The summed E-state index contributed by atoms with van der Waals surface area (Å²) in [6.07, 6.45) is 28.5. The van der Waals surface area contributed by atoms with Crippen LogP contribution in [0.2, 0.25) is 0 Å². The van der Waals surface area contributed by atoms with E-state index in [2.05, 4.69) is 117 Å². The van der Waals surface area contributed by atoms with Crippen LogP contribution in [0.1, 0.15) is 203 Å². The quantitative estimate of drug-likeness (QED) is 0.0376. The molecule has 0 aliphatic carbocycles. The monoisotopic (exact) mass is 690 g/mol. The number of hydrogen-bond acceptors (Lipinski definition) is 0. The number of unbranched alkanes of at least 4 members (excludes halogenated alkanes) is 3. The predicted octanol–water partition coefficient (Wildman–Crippen LogP) is 13.4. The highest BCUT2D eigenvalue weighted by Crippen LogP contribution is 2.32. The van der Waals surface area contributed by atoms with Crippen LogP contribution in [0.25, 0.3) is 18.4 Å². The summed E-state index contributed by atoms with van der Waals surface area (Å²) < 4.78 is 4.80. The van der Waals surface area contributed by atoms with Crippen molar-refractivity contribution in [3.63, 3.8) is 0 Å². The second-order valence-corrected chi connectivity index (χ2v) is 15.6. The van der Waals surface area contributed by atoms with Gasteiger partial charge < -0.3 is 4.57 Å². The minimum absolute atomic E-state index is 0.464. The Morgan fingerprint density at radius 1 is 0.800 bits per heavy atom. The van der Waals surface area contributed by atoms with Crippen LogP contribution in [0.3, 0.4) is 0 Å². The van der Waals surface area contributed by atoms with Crippen molar-refractivity contribution in [2.24, 2.45) is 17.8 Å². The predicted molar refractivity (Wildman–Crippen MR) is 229 cm³/mol. The van der Waals surface area contributed by atoms with E-state index >= 15 is 0 Å². The van der Waals surface area contributed by atoms with E-state index in [1.165, 1.54) is 92.5 Å². The van der Waals surface area contributed by atoms with Crippen molar-refractivity contribution in [1.82, 2.24) is 4.57 Å². The topological polar surface area (TPSA) is 7.94 Å². The Labute approximate surface area is 313 Å². The fraction of sp³-hybridized carbons (Fsp3) is 0.729. The molecule has 286 valence electrons. The van der Waals surface area contributed by atoms with Crippen molar-refractivity contribution in [1.29, 1.82) is 0 Å². The van der Waals surface area contributed by atoms with E-state index in [0.29, 0.717) is 23.7 Å². The lowest BCUT2D eigenvalue weighted by atomic mass is 9.85. The second kappa shape index (κ2) is 25.8. The molecule has 0 aliphatic heterocycles. The normalized spacial score (nSPS) is 15.5. The molecule has 0 amide bonds. The van der Waals surface area contributed by atoms with Crippen molar-refractivity contribution in [2.45, 2.75) is 198 Å². The minimum atomic E-state index is 0.464. The van der Waals surface area contributed by atoms with Gasteiger partial charge in [0.05, 0.1) is 0 Å². The van der Waals surface area contributed by atoms with Gasteiger partial charge in [0.1, 0.15) is 19.8 Å². The molecule has 1 aromatic rings. The standard InChI is InChI=1S/C48H85N2/c1-15-24-25-26-31-41(28-17-3)34-38(11)43(29-18-4)32-33-50-40(13)47(37(10)27-16-2)46(48(50)42(20-6)21-7)35-44(30-19-5)45(22-8)39(12)36-49(14)23-9/h32-34,39,41-43H,13-31,35-36H2,1-12H3/q+1. The van der Waals surface area contributed by atoms with Gasteiger partial charge in [0.25, 0.3) is 0 Å². The van der Waals surface area contributed by atoms with Crippen LogP contribution in [-0.4, -0.2) is 28.9 Å². The summed E-state index contributed by atoms with van der Waals surface area (Å²) in [5.74, 6) is 2.19. The van der Waals surface area contributed by atoms with Crippen molar-refractivity contribution in [2.75, 3.05) is 13.1 Å². The van der Waals surface area contributed by atoms with Gasteiger partial charge in [0.15, 0.2) is 0 Å². The summed E-state index contributed by atoms with van der Waals surface area (Å²) in [5, 5.41) is 2.66. The van der Waals surface area contributed by atoms with Crippen LogP contribution in [0.5, 0.6) is 0 Å². The number of rotatable bonds is 27. The van der Waals surface area contributed by atoms with Crippen LogP contribution in [0, 0.1) is 17.8 Å². The first kappa shape index (κ1) is 45.9. The molecular weight excluding hydrogens is 605 g/mol. The van der Waals surface area contributed by atoms with E-state index in [1.54, 1.807) is 22.3 Å². The van der Waals surface area contributed by atoms with E-state index in [1.807, 2.05) is 0 Å². The largest absolute Gasteiger partial charge is 0.321 e. The van der Waals surface area contributed by atoms with Crippen LogP contribution in [0.15, 0.2) is 28.9 Å². The maximum absolute atomic E-state index is 4.90.